The number of ether oxygens (including phenoxy) is 1. The minimum absolute atomic E-state index is 0.149. The largest absolute Gasteiger partial charge is 0.373 e. The summed E-state index contributed by atoms with van der Waals surface area (Å²) in [5.74, 6) is 0.924. The maximum absolute atomic E-state index is 6.52. The van der Waals surface area contributed by atoms with Crippen molar-refractivity contribution in [3.8, 4) is 0 Å². The molecule has 0 aromatic carbocycles. The van der Waals surface area contributed by atoms with Crippen molar-refractivity contribution in [2.75, 3.05) is 6.61 Å². The van der Waals surface area contributed by atoms with E-state index >= 15 is 0 Å². The van der Waals surface area contributed by atoms with Crippen molar-refractivity contribution in [1.29, 1.82) is 0 Å². The lowest BCUT2D eigenvalue weighted by Gasteiger charge is -2.46. The zero-order chi connectivity index (χ0) is 14.1. The van der Waals surface area contributed by atoms with Crippen molar-refractivity contribution < 1.29 is 4.74 Å². The minimum Gasteiger partial charge on any atom is -0.373 e. The molecule has 0 saturated heterocycles. The molecule has 4 heteroatoms. The fourth-order valence-electron chi connectivity index (χ4n) is 3.09. The Balaban J connectivity index is 2.23. The van der Waals surface area contributed by atoms with Gasteiger partial charge in [0, 0.05) is 26.0 Å². The monoisotopic (exact) mass is 265 g/mol. The summed E-state index contributed by atoms with van der Waals surface area (Å²) in [4.78, 5) is 4.41. The van der Waals surface area contributed by atoms with Crippen molar-refractivity contribution in [3.63, 3.8) is 0 Å². The minimum atomic E-state index is -0.247. The molecule has 1 saturated carbocycles. The Kier molecular flexibility index (Phi) is 4.02. The molecule has 0 aliphatic heterocycles. The third-order valence-corrected chi connectivity index (χ3v) is 4.59. The summed E-state index contributed by atoms with van der Waals surface area (Å²) in [5, 5.41) is 0. The van der Waals surface area contributed by atoms with Crippen LogP contribution in [0.1, 0.15) is 58.3 Å². The molecule has 1 unspecified atom stereocenters. The number of aromatic nitrogens is 2. The van der Waals surface area contributed by atoms with Gasteiger partial charge in [-0.2, -0.15) is 0 Å². The average Bonchev–Trinajstić information content (AvgIpc) is 2.78. The van der Waals surface area contributed by atoms with Gasteiger partial charge in [0.1, 0.15) is 5.82 Å². The van der Waals surface area contributed by atoms with Gasteiger partial charge in [-0.1, -0.05) is 13.8 Å². The van der Waals surface area contributed by atoms with Crippen LogP contribution in [0.2, 0.25) is 0 Å². The number of imidazole rings is 1. The van der Waals surface area contributed by atoms with Crippen LogP contribution in [-0.4, -0.2) is 21.8 Å². The lowest BCUT2D eigenvalue weighted by molar-refractivity contribution is -0.102. The molecule has 4 nitrogen and oxygen atoms in total. The highest BCUT2D eigenvalue weighted by Gasteiger charge is 2.45. The molecule has 0 bridgehead atoms. The summed E-state index contributed by atoms with van der Waals surface area (Å²) in [6, 6.07) is -0.149. The van der Waals surface area contributed by atoms with E-state index in [1.54, 1.807) is 0 Å². The van der Waals surface area contributed by atoms with E-state index in [0.29, 0.717) is 12.0 Å². The van der Waals surface area contributed by atoms with Crippen LogP contribution >= 0.6 is 0 Å². The number of hydrogen-bond acceptors (Lipinski definition) is 3. The summed E-state index contributed by atoms with van der Waals surface area (Å²) < 4.78 is 8.13. The average molecular weight is 265 g/mol. The summed E-state index contributed by atoms with van der Waals surface area (Å²) in [5.41, 5.74) is 6.67. The van der Waals surface area contributed by atoms with Crippen molar-refractivity contribution in [3.05, 3.63) is 18.2 Å². The fraction of sp³-hybridized carbons (Fsp3) is 0.800. The molecule has 19 heavy (non-hydrogen) atoms. The predicted molar refractivity (Wildman–Crippen MR) is 76.7 cm³/mol. The topological polar surface area (TPSA) is 53.1 Å². The molecule has 108 valence electrons. The van der Waals surface area contributed by atoms with Crippen molar-refractivity contribution in [2.24, 2.45) is 18.2 Å². The van der Waals surface area contributed by atoms with E-state index in [-0.39, 0.29) is 11.6 Å². The Morgan fingerprint density at radius 1 is 1.37 bits per heavy atom. The molecule has 1 heterocycles. The Morgan fingerprint density at radius 3 is 2.47 bits per heavy atom. The van der Waals surface area contributed by atoms with Gasteiger partial charge in [-0.15, -0.1) is 0 Å². The third kappa shape index (κ3) is 2.84. The van der Waals surface area contributed by atoms with Gasteiger partial charge in [-0.05, 0) is 38.0 Å². The molecule has 0 amide bonds. The predicted octanol–water partition coefficient (Wildman–Crippen LogP) is 2.80. The van der Waals surface area contributed by atoms with E-state index in [2.05, 4.69) is 18.8 Å². The second-order valence-electron chi connectivity index (χ2n) is 6.54. The van der Waals surface area contributed by atoms with Crippen LogP contribution < -0.4 is 5.73 Å². The molecule has 2 rings (SSSR count). The Bertz CT molecular complexity index is 415. The normalized spacial score (nSPS) is 23.2. The van der Waals surface area contributed by atoms with Crippen molar-refractivity contribution in [2.45, 2.75) is 58.1 Å². The van der Waals surface area contributed by atoms with E-state index in [1.807, 2.05) is 30.9 Å². The number of hydrogen-bond donors (Lipinski definition) is 1. The van der Waals surface area contributed by atoms with Crippen LogP contribution in [0.15, 0.2) is 12.4 Å². The summed E-state index contributed by atoms with van der Waals surface area (Å²) >= 11 is 0. The first-order valence-electron chi connectivity index (χ1n) is 7.27. The quantitative estimate of drug-likeness (QED) is 0.910. The molecule has 1 atom stereocenters. The molecule has 1 aliphatic rings. The van der Waals surface area contributed by atoms with Gasteiger partial charge in [0.15, 0.2) is 0 Å². The van der Waals surface area contributed by atoms with Crippen molar-refractivity contribution >= 4 is 0 Å². The number of aryl methyl sites for hydroxylation is 1. The highest BCUT2D eigenvalue weighted by Crippen LogP contribution is 2.46. The highest BCUT2D eigenvalue weighted by atomic mass is 16.5. The molecule has 0 spiro atoms. The first-order valence-corrected chi connectivity index (χ1v) is 7.27. The van der Waals surface area contributed by atoms with Crippen LogP contribution in [0, 0.1) is 5.41 Å². The fourth-order valence-corrected chi connectivity index (χ4v) is 3.09. The molecular weight excluding hydrogens is 238 g/mol. The molecule has 1 fully saturated rings. The van der Waals surface area contributed by atoms with Crippen LogP contribution in [0.5, 0.6) is 0 Å². The van der Waals surface area contributed by atoms with E-state index in [4.69, 9.17) is 10.5 Å². The second kappa shape index (κ2) is 5.25. The Hall–Kier alpha value is -0.870. The van der Waals surface area contributed by atoms with E-state index in [9.17, 15) is 0 Å². The third-order valence-electron chi connectivity index (χ3n) is 4.59. The number of rotatable bonds is 4. The molecule has 2 N–H and O–H groups in total. The van der Waals surface area contributed by atoms with Crippen LogP contribution in [0.3, 0.4) is 0 Å². The van der Waals surface area contributed by atoms with Crippen LogP contribution in [-0.2, 0) is 11.8 Å². The summed E-state index contributed by atoms with van der Waals surface area (Å²) in [6.45, 7) is 7.41. The molecule has 1 aliphatic carbocycles. The number of nitrogens with zero attached hydrogens (tertiary/aromatic N) is 2. The maximum Gasteiger partial charge on any atom is 0.128 e. The van der Waals surface area contributed by atoms with Gasteiger partial charge in [0.05, 0.1) is 11.6 Å². The summed E-state index contributed by atoms with van der Waals surface area (Å²) in [7, 11) is 1.99. The lowest BCUT2D eigenvalue weighted by atomic mass is 9.68. The molecule has 0 radical (unpaired) electrons. The van der Waals surface area contributed by atoms with Gasteiger partial charge in [0.2, 0.25) is 0 Å². The van der Waals surface area contributed by atoms with Crippen LogP contribution in [0.4, 0.5) is 0 Å². The van der Waals surface area contributed by atoms with E-state index in [0.717, 1.165) is 31.5 Å². The van der Waals surface area contributed by atoms with Gasteiger partial charge in [-0.25, -0.2) is 4.98 Å². The van der Waals surface area contributed by atoms with Crippen molar-refractivity contribution in [1.82, 2.24) is 9.55 Å². The summed E-state index contributed by atoms with van der Waals surface area (Å²) in [6.07, 6.45) is 8.10. The van der Waals surface area contributed by atoms with Gasteiger partial charge < -0.3 is 15.0 Å². The zero-order valence-electron chi connectivity index (χ0n) is 12.6. The Labute approximate surface area is 116 Å². The van der Waals surface area contributed by atoms with E-state index in [1.165, 1.54) is 0 Å². The van der Waals surface area contributed by atoms with Gasteiger partial charge >= 0.3 is 0 Å². The molecule has 1 aromatic rings. The Morgan fingerprint density at radius 2 is 2.00 bits per heavy atom. The standard InChI is InChI=1S/C15H27N3O/c1-5-19-15(8-6-14(2,3)7-9-15)12(16)13-17-10-11-18(13)4/h10-12H,5-9,16H2,1-4H3. The zero-order valence-corrected chi connectivity index (χ0v) is 12.6. The smallest absolute Gasteiger partial charge is 0.128 e. The number of nitrogens with two attached hydrogens (primary N) is 1. The first kappa shape index (κ1) is 14.5. The van der Waals surface area contributed by atoms with E-state index < -0.39 is 0 Å². The second-order valence-corrected chi connectivity index (χ2v) is 6.54. The van der Waals surface area contributed by atoms with Crippen LogP contribution in [0.25, 0.3) is 0 Å². The SMILES string of the molecule is CCOC1(C(N)c2nccn2C)CCC(C)(C)CC1. The van der Waals surface area contributed by atoms with Gasteiger partial charge in [-0.3, -0.25) is 0 Å². The molecular formula is C15H27N3O. The highest BCUT2D eigenvalue weighted by molar-refractivity contribution is 5.08. The maximum atomic E-state index is 6.52. The first-order chi connectivity index (χ1) is 8.90. The van der Waals surface area contributed by atoms with Gasteiger partial charge in [0.25, 0.3) is 0 Å². The lowest BCUT2D eigenvalue weighted by Crippen LogP contribution is -2.48. The molecule has 1 aromatic heterocycles.